The summed E-state index contributed by atoms with van der Waals surface area (Å²) >= 11 is -1.48. The predicted octanol–water partition coefficient (Wildman–Crippen LogP) is 4.04. The van der Waals surface area contributed by atoms with Gasteiger partial charge >= 0.3 is 0 Å². The summed E-state index contributed by atoms with van der Waals surface area (Å²) in [5.41, 5.74) is 3.66. The van der Waals surface area contributed by atoms with Gasteiger partial charge in [0.15, 0.2) is 10.7 Å². The van der Waals surface area contributed by atoms with E-state index in [0.29, 0.717) is 33.2 Å². The van der Waals surface area contributed by atoms with Gasteiger partial charge in [0.2, 0.25) is 0 Å². The van der Waals surface area contributed by atoms with Crippen LogP contribution < -0.4 is 4.72 Å². The van der Waals surface area contributed by atoms with Crippen molar-refractivity contribution in [1.82, 2.24) is 19.4 Å². The fourth-order valence-electron chi connectivity index (χ4n) is 3.16. The van der Waals surface area contributed by atoms with Crippen LogP contribution in [-0.4, -0.2) is 23.9 Å². The molecule has 8 heteroatoms. The van der Waals surface area contributed by atoms with Gasteiger partial charge in [0.25, 0.3) is 0 Å². The molecule has 1 N–H and O–H groups in total. The van der Waals surface area contributed by atoms with E-state index in [1.807, 2.05) is 49.6 Å². The molecule has 0 fully saturated rings. The van der Waals surface area contributed by atoms with Gasteiger partial charge in [-0.05, 0) is 47.4 Å². The lowest BCUT2D eigenvalue weighted by Gasteiger charge is -2.19. The van der Waals surface area contributed by atoms with Crippen LogP contribution in [0, 0.1) is 11.3 Å². The first-order valence-corrected chi connectivity index (χ1v) is 10.6. The van der Waals surface area contributed by atoms with E-state index in [2.05, 4.69) is 41.8 Å². The Morgan fingerprint density at radius 1 is 1.03 bits per heavy atom. The van der Waals surface area contributed by atoms with Crippen LogP contribution in [0.4, 0.5) is 5.82 Å². The van der Waals surface area contributed by atoms with Crippen LogP contribution in [0.1, 0.15) is 31.9 Å². The number of benzene rings is 1. The normalized spacial score (nSPS) is 12.7. The molecule has 7 nitrogen and oxygen atoms in total. The SMILES string of the molecule is Cn1ccc(-c2cc3c(C#N)ccc(N[S+]([O-])c4ccc(C(C)(C)C)cc4)n3n2)n1. The van der Waals surface area contributed by atoms with Gasteiger partial charge in [0.1, 0.15) is 28.8 Å². The first-order valence-electron chi connectivity index (χ1n) is 9.48. The van der Waals surface area contributed by atoms with Gasteiger partial charge in [-0.3, -0.25) is 4.68 Å². The Morgan fingerprint density at radius 2 is 1.77 bits per heavy atom. The van der Waals surface area contributed by atoms with Crippen LogP contribution in [0.15, 0.2) is 59.6 Å². The smallest absolute Gasteiger partial charge is 0.179 e. The van der Waals surface area contributed by atoms with Crippen LogP contribution in [-0.2, 0) is 23.8 Å². The average molecular weight is 419 g/mol. The second-order valence-electron chi connectivity index (χ2n) is 8.09. The van der Waals surface area contributed by atoms with Crippen molar-refractivity contribution in [2.24, 2.45) is 7.05 Å². The number of pyridine rings is 1. The van der Waals surface area contributed by atoms with E-state index in [9.17, 15) is 9.81 Å². The molecule has 0 aliphatic carbocycles. The van der Waals surface area contributed by atoms with Crippen molar-refractivity contribution in [3.63, 3.8) is 0 Å². The molecule has 4 rings (SSSR count). The fraction of sp³-hybridized carbons (Fsp3) is 0.227. The number of anilines is 1. The lowest BCUT2D eigenvalue weighted by Crippen LogP contribution is -2.17. The Balaban J connectivity index is 1.68. The highest BCUT2D eigenvalue weighted by atomic mass is 32.2. The van der Waals surface area contributed by atoms with E-state index >= 15 is 0 Å². The average Bonchev–Trinajstić information content (AvgIpc) is 3.34. The third kappa shape index (κ3) is 3.77. The highest BCUT2D eigenvalue weighted by Gasteiger charge is 2.19. The highest BCUT2D eigenvalue weighted by Crippen LogP contribution is 2.26. The number of rotatable bonds is 4. The summed E-state index contributed by atoms with van der Waals surface area (Å²) < 4.78 is 19.2. The molecule has 1 unspecified atom stereocenters. The van der Waals surface area contributed by atoms with Gasteiger partial charge in [-0.2, -0.15) is 20.2 Å². The monoisotopic (exact) mass is 418 g/mol. The summed E-state index contributed by atoms with van der Waals surface area (Å²) in [5.74, 6) is 0.532. The maximum Gasteiger partial charge on any atom is 0.179 e. The van der Waals surface area contributed by atoms with Crippen molar-refractivity contribution in [2.45, 2.75) is 31.1 Å². The van der Waals surface area contributed by atoms with E-state index in [0.717, 1.165) is 0 Å². The Morgan fingerprint density at radius 3 is 2.37 bits per heavy atom. The van der Waals surface area contributed by atoms with Gasteiger partial charge in [0, 0.05) is 13.2 Å². The largest absolute Gasteiger partial charge is 0.588 e. The van der Waals surface area contributed by atoms with Crippen LogP contribution in [0.5, 0.6) is 0 Å². The Bertz CT molecular complexity index is 1240. The molecule has 30 heavy (non-hydrogen) atoms. The number of aryl methyl sites for hydroxylation is 1. The third-order valence-corrected chi connectivity index (χ3v) is 5.94. The van der Waals surface area contributed by atoms with Crippen LogP contribution in [0.2, 0.25) is 0 Å². The van der Waals surface area contributed by atoms with E-state index in [4.69, 9.17) is 0 Å². The minimum absolute atomic E-state index is 0.0314. The second-order valence-corrected chi connectivity index (χ2v) is 9.30. The minimum Gasteiger partial charge on any atom is -0.588 e. The predicted molar refractivity (Wildman–Crippen MR) is 117 cm³/mol. The topological polar surface area (TPSA) is 94.0 Å². The summed E-state index contributed by atoms with van der Waals surface area (Å²) in [6.45, 7) is 6.42. The zero-order valence-corrected chi connectivity index (χ0v) is 18.1. The molecule has 0 aliphatic rings. The summed E-state index contributed by atoms with van der Waals surface area (Å²) in [6.07, 6.45) is 1.83. The first kappa shape index (κ1) is 20.0. The van der Waals surface area contributed by atoms with Gasteiger partial charge in [-0.1, -0.05) is 32.9 Å². The van der Waals surface area contributed by atoms with E-state index in [1.165, 1.54) is 5.56 Å². The molecule has 1 atom stereocenters. The third-order valence-electron chi connectivity index (χ3n) is 4.85. The number of aromatic nitrogens is 4. The molecule has 0 radical (unpaired) electrons. The van der Waals surface area contributed by atoms with Crippen molar-refractivity contribution in [2.75, 3.05) is 4.72 Å². The Kier molecular flexibility index (Phi) is 5.02. The fourth-order valence-corrected chi connectivity index (χ4v) is 4.00. The lowest BCUT2D eigenvalue weighted by atomic mass is 9.87. The zero-order valence-electron chi connectivity index (χ0n) is 17.2. The number of hydrogen-bond donors (Lipinski definition) is 1. The summed E-state index contributed by atoms with van der Waals surface area (Å²) in [5, 5.41) is 18.4. The maximum atomic E-state index is 12.9. The van der Waals surface area contributed by atoms with E-state index in [1.54, 1.807) is 21.3 Å². The van der Waals surface area contributed by atoms with Gasteiger partial charge in [-0.25, -0.2) is 4.52 Å². The Labute approximate surface area is 178 Å². The van der Waals surface area contributed by atoms with Crippen molar-refractivity contribution in [3.8, 4) is 17.5 Å². The number of hydrogen-bond acceptors (Lipinski definition) is 5. The number of fused-ring (bicyclic) bond motifs is 1. The maximum absolute atomic E-state index is 12.9. The molecular weight excluding hydrogens is 396 g/mol. The molecule has 0 aliphatic heterocycles. The molecule has 3 heterocycles. The van der Waals surface area contributed by atoms with E-state index < -0.39 is 11.4 Å². The van der Waals surface area contributed by atoms with Gasteiger partial charge in [0.05, 0.1) is 11.1 Å². The molecule has 3 aromatic heterocycles. The van der Waals surface area contributed by atoms with Crippen LogP contribution in [0.25, 0.3) is 16.9 Å². The summed E-state index contributed by atoms with van der Waals surface area (Å²) in [4.78, 5) is 0.664. The Hall–Kier alpha value is -3.28. The molecular formula is C22H22N6OS. The van der Waals surface area contributed by atoms with Crippen molar-refractivity contribution < 1.29 is 4.55 Å². The second kappa shape index (κ2) is 7.52. The molecule has 152 valence electrons. The molecule has 0 saturated heterocycles. The summed E-state index contributed by atoms with van der Waals surface area (Å²) in [6, 6.07) is 17.0. The quantitative estimate of drug-likeness (QED) is 0.505. The first-order chi connectivity index (χ1) is 14.3. The molecule has 1 aromatic carbocycles. The van der Waals surface area contributed by atoms with Crippen molar-refractivity contribution >= 4 is 22.7 Å². The molecule has 0 amide bonds. The van der Waals surface area contributed by atoms with Gasteiger partial charge in [-0.15, -0.1) is 0 Å². The molecule has 0 spiro atoms. The summed E-state index contributed by atoms with van der Waals surface area (Å²) in [7, 11) is 1.83. The number of nitriles is 1. The molecule has 0 saturated carbocycles. The van der Waals surface area contributed by atoms with Crippen molar-refractivity contribution in [1.29, 1.82) is 5.26 Å². The van der Waals surface area contributed by atoms with Crippen molar-refractivity contribution in [3.05, 3.63) is 65.9 Å². The highest BCUT2D eigenvalue weighted by molar-refractivity contribution is 7.92. The lowest BCUT2D eigenvalue weighted by molar-refractivity contribution is 0.587. The standard InChI is InChI=1S/C22H22N6OS/c1-22(2,3)16-6-8-17(9-7-16)30(29)26-21-10-5-15(14-23)20-13-19(25-28(20)21)18-11-12-27(4)24-18/h5-13,26H,1-4H3. The molecule has 4 aromatic rings. The van der Waals surface area contributed by atoms with E-state index in [-0.39, 0.29) is 5.41 Å². The number of nitrogens with one attached hydrogen (secondary N) is 1. The molecule has 0 bridgehead atoms. The van der Waals surface area contributed by atoms with Crippen LogP contribution in [0.3, 0.4) is 0 Å². The number of nitrogens with zero attached hydrogens (tertiary/aromatic N) is 5. The minimum atomic E-state index is -1.48. The van der Waals surface area contributed by atoms with Gasteiger partial charge < -0.3 is 4.55 Å². The zero-order chi connectivity index (χ0) is 21.5. The van der Waals surface area contributed by atoms with Crippen LogP contribution >= 0.6 is 0 Å².